The fraction of sp³-hybridized carbons (Fsp3) is 0.182. The van der Waals surface area contributed by atoms with Gasteiger partial charge in [0.1, 0.15) is 10.9 Å². The first kappa shape index (κ1) is 18.3. The average Bonchev–Trinajstić information content (AvgIpc) is 3.03. The van der Waals surface area contributed by atoms with Crippen LogP contribution in [0, 0.1) is 0 Å². The van der Waals surface area contributed by atoms with Crippen LogP contribution >= 0.6 is 11.6 Å². The lowest BCUT2D eigenvalue weighted by Gasteiger charge is -2.10. The van der Waals surface area contributed by atoms with Crippen LogP contribution in [0.2, 0.25) is 5.15 Å². The lowest BCUT2D eigenvalue weighted by Crippen LogP contribution is -1.99. The first-order valence-electron chi connectivity index (χ1n) is 8.69. The van der Waals surface area contributed by atoms with Gasteiger partial charge in [-0.25, -0.2) is 4.98 Å². The van der Waals surface area contributed by atoms with Gasteiger partial charge in [-0.05, 0) is 29.8 Å². The van der Waals surface area contributed by atoms with Gasteiger partial charge in [0.2, 0.25) is 0 Å². The third kappa shape index (κ3) is 2.98. The third-order valence-electron chi connectivity index (χ3n) is 4.86. The highest BCUT2D eigenvalue weighted by molar-refractivity contribution is 6.31. The fourth-order valence-corrected chi connectivity index (χ4v) is 3.70. The number of ketones is 1. The number of hydrogen-bond acceptors (Lipinski definition) is 5. The standard InChI is InChI=1S/C22H18ClNO4/c1-26-17-6-4-5-12-7-14(21(25)20(12)17)9-15-8-13-10-18(27-2)19(28-3)11-16(13)24-22(15)23/h4-6,8-11H,7H2,1-3H3/b14-9+. The van der Waals surface area contributed by atoms with Crippen molar-refractivity contribution in [3.05, 3.63) is 63.8 Å². The van der Waals surface area contributed by atoms with Crippen LogP contribution in [0.4, 0.5) is 0 Å². The molecule has 142 valence electrons. The number of fused-ring (bicyclic) bond motifs is 2. The molecule has 5 nitrogen and oxygen atoms in total. The minimum Gasteiger partial charge on any atom is -0.496 e. The summed E-state index contributed by atoms with van der Waals surface area (Å²) in [4.78, 5) is 17.4. The molecule has 0 saturated heterocycles. The third-order valence-corrected chi connectivity index (χ3v) is 5.17. The molecule has 1 heterocycles. The van der Waals surface area contributed by atoms with E-state index >= 15 is 0 Å². The minimum absolute atomic E-state index is 0.0454. The first-order valence-corrected chi connectivity index (χ1v) is 9.07. The van der Waals surface area contributed by atoms with E-state index in [0.29, 0.717) is 51.0 Å². The molecule has 3 aromatic rings. The van der Waals surface area contributed by atoms with Crippen molar-refractivity contribution in [2.24, 2.45) is 0 Å². The number of aromatic nitrogens is 1. The van der Waals surface area contributed by atoms with Crippen molar-refractivity contribution >= 4 is 34.4 Å². The molecule has 1 aromatic heterocycles. The molecular formula is C22H18ClNO4. The largest absolute Gasteiger partial charge is 0.496 e. The molecule has 2 aromatic carbocycles. The summed E-state index contributed by atoms with van der Waals surface area (Å²) in [5, 5.41) is 1.16. The summed E-state index contributed by atoms with van der Waals surface area (Å²) in [6.45, 7) is 0. The second-order valence-corrected chi connectivity index (χ2v) is 6.80. The Hall–Kier alpha value is -3.05. The van der Waals surface area contributed by atoms with E-state index in [1.165, 1.54) is 0 Å². The number of carbonyl (C=O) groups excluding carboxylic acids is 1. The molecule has 4 rings (SSSR count). The zero-order chi connectivity index (χ0) is 19.8. The summed E-state index contributed by atoms with van der Waals surface area (Å²) in [5.41, 5.74) is 3.59. The van der Waals surface area contributed by atoms with Crippen LogP contribution in [0.3, 0.4) is 0 Å². The maximum atomic E-state index is 12.9. The van der Waals surface area contributed by atoms with Crippen molar-refractivity contribution in [2.45, 2.75) is 6.42 Å². The summed E-state index contributed by atoms with van der Waals surface area (Å²) in [5.74, 6) is 1.73. The maximum absolute atomic E-state index is 12.9. The van der Waals surface area contributed by atoms with Gasteiger partial charge in [-0.15, -0.1) is 0 Å². The van der Waals surface area contributed by atoms with E-state index < -0.39 is 0 Å². The van der Waals surface area contributed by atoms with Crippen molar-refractivity contribution in [1.82, 2.24) is 4.98 Å². The topological polar surface area (TPSA) is 57.7 Å². The number of pyridine rings is 1. The summed E-state index contributed by atoms with van der Waals surface area (Å²) < 4.78 is 16.0. The molecular weight excluding hydrogens is 378 g/mol. The van der Waals surface area contributed by atoms with Crippen LogP contribution < -0.4 is 14.2 Å². The number of Topliss-reactive ketones (excluding diaryl/α,β-unsaturated/α-hetero) is 1. The van der Waals surface area contributed by atoms with Crippen LogP contribution in [0.5, 0.6) is 17.2 Å². The number of hydrogen-bond donors (Lipinski definition) is 0. The van der Waals surface area contributed by atoms with Gasteiger partial charge < -0.3 is 14.2 Å². The van der Waals surface area contributed by atoms with Gasteiger partial charge in [-0.2, -0.15) is 0 Å². The highest BCUT2D eigenvalue weighted by atomic mass is 35.5. The molecule has 1 aliphatic carbocycles. The van der Waals surface area contributed by atoms with Crippen LogP contribution in [0.1, 0.15) is 21.5 Å². The Balaban J connectivity index is 1.80. The number of carbonyl (C=O) groups is 1. The van der Waals surface area contributed by atoms with E-state index in [2.05, 4.69) is 4.98 Å². The quantitative estimate of drug-likeness (QED) is 0.472. The molecule has 6 heteroatoms. The first-order chi connectivity index (χ1) is 13.5. The summed E-state index contributed by atoms with van der Waals surface area (Å²) in [7, 11) is 4.72. The number of methoxy groups -OCH3 is 3. The van der Waals surface area contributed by atoms with Gasteiger partial charge in [0.05, 0.1) is 32.4 Å². The Labute approximate surface area is 167 Å². The SMILES string of the molecule is COc1cc2cc(/C=C3\Cc4cccc(OC)c4C3=O)c(Cl)nc2cc1OC. The van der Waals surface area contributed by atoms with Crippen molar-refractivity contribution in [3.63, 3.8) is 0 Å². The molecule has 0 radical (unpaired) electrons. The minimum atomic E-state index is -0.0454. The molecule has 0 spiro atoms. The molecule has 0 aliphatic heterocycles. The average molecular weight is 396 g/mol. The Morgan fingerprint density at radius 3 is 2.43 bits per heavy atom. The number of rotatable bonds is 4. The van der Waals surface area contributed by atoms with Gasteiger partial charge >= 0.3 is 0 Å². The highest BCUT2D eigenvalue weighted by Gasteiger charge is 2.28. The van der Waals surface area contributed by atoms with Crippen LogP contribution in [-0.2, 0) is 6.42 Å². The normalized spacial score (nSPS) is 14.4. The van der Waals surface area contributed by atoms with Crippen LogP contribution in [0.15, 0.2) is 42.0 Å². The predicted molar refractivity (Wildman–Crippen MR) is 109 cm³/mol. The predicted octanol–water partition coefficient (Wildman–Crippen LogP) is 4.74. The number of halogens is 1. The molecule has 0 atom stereocenters. The summed E-state index contributed by atoms with van der Waals surface area (Å²) >= 11 is 6.40. The molecule has 0 fully saturated rings. The van der Waals surface area contributed by atoms with Crippen molar-refractivity contribution < 1.29 is 19.0 Å². The highest BCUT2D eigenvalue weighted by Crippen LogP contribution is 2.36. The lowest BCUT2D eigenvalue weighted by atomic mass is 10.1. The molecule has 0 saturated carbocycles. The summed E-state index contributed by atoms with van der Waals surface area (Å²) in [6.07, 6.45) is 2.33. The van der Waals surface area contributed by atoms with E-state index in [9.17, 15) is 4.79 Å². The fourth-order valence-electron chi connectivity index (χ4n) is 3.50. The second-order valence-electron chi connectivity index (χ2n) is 6.44. The van der Waals surface area contributed by atoms with Gasteiger partial charge in [0.25, 0.3) is 0 Å². The van der Waals surface area contributed by atoms with Crippen molar-refractivity contribution in [3.8, 4) is 17.2 Å². The zero-order valence-corrected chi connectivity index (χ0v) is 16.5. The Morgan fingerprint density at radius 1 is 1.00 bits per heavy atom. The monoisotopic (exact) mass is 395 g/mol. The lowest BCUT2D eigenvalue weighted by molar-refractivity contribution is 0.103. The van der Waals surface area contributed by atoms with Crippen LogP contribution in [-0.4, -0.2) is 32.1 Å². The van der Waals surface area contributed by atoms with Crippen LogP contribution in [0.25, 0.3) is 17.0 Å². The van der Waals surface area contributed by atoms with Gasteiger partial charge in [-0.1, -0.05) is 23.7 Å². The number of nitrogens with zero attached hydrogens (tertiary/aromatic N) is 1. The molecule has 0 bridgehead atoms. The molecule has 1 aliphatic rings. The molecule has 28 heavy (non-hydrogen) atoms. The van der Waals surface area contributed by atoms with E-state index in [1.54, 1.807) is 39.5 Å². The van der Waals surface area contributed by atoms with E-state index in [-0.39, 0.29) is 5.78 Å². The van der Waals surface area contributed by atoms with Crippen molar-refractivity contribution in [1.29, 1.82) is 0 Å². The molecule has 0 N–H and O–H groups in total. The van der Waals surface area contributed by atoms with Crippen molar-refractivity contribution in [2.75, 3.05) is 21.3 Å². The van der Waals surface area contributed by atoms with Gasteiger partial charge in [0.15, 0.2) is 17.3 Å². The number of benzene rings is 2. The Kier molecular flexibility index (Phi) is 4.69. The molecule has 0 amide bonds. The number of ether oxygens (including phenoxy) is 3. The zero-order valence-electron chi connectivity index (χ0n) is 15.7. The second kappa shape index (κ2) is 7.17. The Morgan fingerprint density at radius 2 is 1.71 bits per heavy atom. The van der Waals surface area contributed by atoms with E-state index in [4.69, 9.17) is 25.8 Å². The van der Waals surface area contributed by atoms with Gasteiger partial charge in [-0.3, -0.25) is 4.79 Å². The smallest absolute Gasteiger partial charge is 0.193 e. The van der Waals surface area contributed by atoms with Gasteiger partial charge in [0, 0.05) is 29.0 Å². The Bertz CT molecular complexity index is 1140. The van der Waals surface area contributed by atoms with E-state index in [0.717, 1.165) is 10.9 Å². The summed E-state index contributed by atoms with van der Waals surface area (Å²) in [6, 6.07) is 11.1. The number of allylic oxidation sites excluding steroid dienone is 1. The molecule has 0 unspecified atom stereocenters. The maximum Gasteiger partial charge on any atom is 0.193 e. The van der Waals surface area contributed by atoms with E-state index in [1.807, 2.05) is 24.3 Å².